The van der Waals surface area contributed by atoms with Gasteiger partial charge in [-0.3, -0.25) is 0 Å². The normalized spacial score (nSPS) is 11.3. The molecule has 0 aromatic heterocycles. The first-order valence-corrected chi connectivity index (χ1v) is 12.2. The van der Waals surface area contributed by atoms with E-state index in [9.17, 15) is 10.2 Å². The topological polar surface area (TPSA) is 97.5 Å². The number of hydrogen-bond acceptors (Lipinski definition) is 7. The van der Waals surface area contributed by atoms with Crippen molar-refractivity contribution < 1.29 is 10.2 Å². The first kappa shape index (κ1) is 26.4. The Morgan fingerprint density at radius 1 is 0.750 bits per heavy atom. The summed E-state index contributed by atoms with van der Waals surface area (Å²) >= 11 is 0. The highest BCUT2D eigenvalue weighted by Gasteiger charge is 2.10. The first-order chi connectivity index (χ1) is 17.4. The summed E-state index contributed by atoms with van der Waals surface area (Å²) in [7, 11) is 0. The summed E-state index contributed by atoms with van der Waals surface area (Å²) in [5.41, 5.74) is 3.94. The van der Waals surface area contributed by atoms with E-state index in [0.717, 1.165) is 50.0 Å². The van der Waals surface area contributed by atoms with Gasteiger partial charge in [-0.2, -0.15) is 10.2 Å². The second kappa shape index (κ2) is 13.0. The Balaban J connectivity index is 1.76. The number of phenols is 2. The number of phenolic OH excluding ortho intramolecular Hbond substituents is 2. The van der Waals surface area contributed by atoms with Gasteiger partial charge in [-0.25, -0.2) is 4.85 Å². The predicted molar refractivity (Wildman–Crippen MR) is 144 cm³/mol. The Labute approximate surface area is 212 Å². The summed E-state index contributed by atoms with van der Waals surface area (Å²) in [5, 5.41) is 37.7. The molecule has 2 N–H and O–H groups in total. The van der Waals surface area contributed by atoms with Gasteiger partial charge in [0.05, 0.1) is 17.9 Å². The van der Waals surface area contributed by atoms with Crippen LogP contribution < -0.4 is 4.90 Å². The minimum atomic E-state index is -0.0944. The molecule has 3 aromatic carbocycles. The molecule has 0 radical (unpaired) electrons. The van der Waals surface area contributed by atoms with Crippen molar-refractivity contribution in [2.75, 3.05) is 18.0 Å². The number of nitrogens with zero attached hydrogens (tertiary/aromatic N) is 6. The van der Waals surface area contributed by atoms with Crippen LogP contribution in [0.15, 0.2) is 75.1 Å². The van der Waals surface area contributed by atoms with Crippen molar-refractivity contribution in [2.45, 2.75) is 46.5 Å². The van der Waals surface area contributed by atoms with Crippen LogP contribution in [-0.4, -0.2) is 23.3 Å². The molecule has 0 bridgehead atoms. The van der Waals surface area contributed by atoms with E-state index in [4.69, 9.17) is 6.57 Å². The second-order valence-corrected chi connectivity index (χ2v) is 8.52. The van der Waals surface area contributed by atoms with Gasteiger partial charge in [0.1, 0.15) is 22.9 Å². The molecule has 0 aliphatic carbocycles. The van der Waals surface area contributed by atoms with Crippen LogP contribution >= 0.6 is 0 Å². The third kappa shape index (κ3) is 7.12. The maximum absolute atomic E-state index is 10.6. The Bertz CT molecular complexity index is 1250. The summed E-state index contributed by atoms with van der Waals surface area (Å²) < 4.78 is 0. The molecule has 0 atom stereocenters. The zero-order valence-electron chi connectivity index (χ0n) is 21.0. The van der Waals surface area contributed by atoms with E-state index >= 15 is 0 Å². The van der Waals surface area contributed by atoms with Crippen LogP contribution in [0.4, 0.5) is 34.1 Å². The largest absolute Gasteiger partial charge is 0.506 e. The fraction of sp³-hybridized carbons (Fsp3) is 0.321. The second-order valence-electron chi connectivity index (χ2n) is 8.52. The van der Waals surface area contributed by atoms with E-state index in [2.05, 4.69) is 44.0 Å². The highest BCUT2D eigenvalue weighted by Crippen LogP contribution is 2.37. The van der Waals surface area contributed by atoms with Gasteiger partial charge in [-0.05, 0) is 55.7 Å². The van der Waals surface area contributed by atoms with Crippen LogP contribution in [0.25, 0.3) is 4.85 Å². The monoisotopic (exact) mass is 484 g/mol. The van der Waals surface area contributed by atoms with Crippen LogP contribution in [-0.2, 0) is 0 Å². The van der Waals surface area contributed by atoms with Crippen molar-refractivity contribution in [3.05, 3.63) is 71.6 Å². The van der Waals surface area contributed by atoms with E-state index in [0.29, 0.717) is 22.7 Å². The minimum Gasteiger partial charge on any atom is -0.506 e. The molecule has 0 spiro atoms. The van der Waals surface area contributed by atoms with E-state index in [-0.39, 0.29) is 17.2 Å². The molecule has 0 fully saturated rings. The molecule has 0 saturated carbocycles. The van der Waals surface area contributed by atoms with E-state index in [1.807, 2.05) is 13.0 Å². The number of azo groups is 2. The lowest BCUT2D eigenvalue weighted by molar-refractivity contribution is 0.473. The molecule has 0 amide bonds. The molecular formula is C28H32N6O2. The van der Waals surface area contributed by atoms with Crippen LogP contribution in [0.1, 0.15) is 45.1 Å². The van der Waals surface area contributed by atoms with Crippen LogP contribution in [0.5, 0.6) is 11.5 Å². The number of hydrogen-bond donors (Lipinski definition) is 2. The molecule has 8 heteroatoms. The SMILES string of the molecule is [C-]#[N+]c1ccc(N=Nc2cc(O)c(N=Nc3ccc(N(CCCC)CCCC)cc3O)cc2C)cc1. The smallest absolute Gasteiger partial charge is 0.187 e. The number of unbranched alkanes of at least 4 members (excludes halogenated alkanes) is 2. The quantitative estimate of drug-likeness (QED) is 0.210. The summed E-state index contributed by atoms with van der Waals surface area (Å²) in [4.78, 5) is 5.64. The molecule has 3 rings (SSSR count). The van der Waals surface area contributed by atoms with Crippen molar-refractivity contribution >= 4 is 34.1 Å². The zero-order chi connectivity index (χ0) is 25.9. The van der Waals surface area contributed by atoms with Crippen molar-refractivity contribution in [2.24, 2.45) is 20.5 Å². The lowest BCUT2D eigenvalue weighted by Gasteiger charge is -2.25. The number of aryl methyl sites for hydroxylation is 1. The van der Waals surface area contributed by atoms with E-state index < -0.39 is 0 Å². The number of rotatable bonds is 11. The molecule has 8 nitrogen and oxygen atoms in total. The molecule has 36 heavy (non-hydrogen) atoms. The summed E-state index contributed by atoms with van der Waals surface area (Å²) in [6.07, 6.45) is 4.41. The number of anilines is 1. The molecule has 0 aliphatic heterocycles. The van der Waals surface area contributed by atoms with Crippen molar-refractivity contribution in [1.82, 2.24) is 0 Å². The Morgan fingerprint density at radius 3 is 1.97 bits per heavy atom. The summed E-state index contributed by atoms with van der Waals surface area (Å²) in [5.74, 6) is -0.0526. The number of aromatic hydroxyl groups is 2. The Hall–Kier alpha value is -4.25. The van der Waals surface area contributed by atoms with Gasteiger partial charge >= 0.3 is 0 Å². The average Bonchev–Trinajstić information content (AvgIpc) is 2.89. The van der Waals surface area contributed by atoms with E-state index in [1.54, 1.807) is 42.5 Å². The Kier molecular flexibility index (Phi) is 9.52. The maximum atomic E-state index is 10.6. The van der Waals surface area contributed by atoms with Crippen LogP contribution in [0, 0.1) is 13.5 Å². The Morgan fingerprint density at radius 2 is 1.36 bits per heavy atom. The van der Waals surface area contributed by atoms with Gasteiger partial charge in [0, 0.05) is 30.9 Å². The van der Waals surface area contributed by atoms with Gasteiger partial charge in [-0.1, -0.05) is 38.8 Å². The van der Waals surface area contributed by atoms with Gasteiger partial charge in [0.25, 0.3) is 0 Å². The van der Waals surface area contributed by atoms with Crippen LogP contribution in [0.2, 0.25) is 0 Å². The standard InChI is InChI=1S/C28H32N6O2/c1-5-7-15-34(16-8-6-2)23-13-14-24(27(35)18-23)31-33-26-17-20(3)25(19-28(26)36)32-30-22-11-9-21(29-4)10-12-22/h9-14,17-19,35-36H,5-8,15-16H2,1-3H3. The van der Waals surface area contributed by atoms with Gasteiger partial charge in [0.2, 0.25) is 0 Å². The van der Waals surface area contributed by atoms with Gasteiger partial charge in [0.15, 0.2) is 5.69 Å². The summed E-state index contributed by atoms with van der Waals surface area (Å²) in [6, 6.07) is 15.3. The van der Waals surface area contributed by atoms with Crippen molar-refractivity contribution in [1.29, 1.82) is 0 Å². The fourth-order valence-electron chi connectivity index (χ4n) is 3.53. The molecule has 186 valence electrons. The maximum Gasteiger partial charge on any atom is 0.187 e. The predicted octanol–water partition coefficient (Wildman–Crippen LogP) is 9.19. The lowest BCUT2D eigenvalue weighted by atomic mass is 10.1. The van der Waals surface area contributed by atoms with Crippen LogP contribution in [0.3, 0.4) is 0 Å². The minimum absolute atomic E-state index is 0.0418. The average molecular weight is 485 g/mol. The van der Waals surface area contributed by atoms with Gasteiger partial charge in [-0.15, -0.1) is 10.2 Å². The number of benzene rings is 3. The van der Waals surface area contributed by atoms with Crippen molar-refractivity contribution in [3.8, 4) is 11.5 Å². The van der Waals surface area contributed by atoms with Gasteiger partial charge < -0.3 is 15.1 Å². The molecule has 3 aromatic rings. The zero-order valence-corrected chi connectivity index (χ0v) is 21.0. The lowest BCUT2D eigenvalue weighted by Crippen LogP contribution is -2.25. The molecule has 0 heterocycles. The third-order valence-corrected chi connectivity index (χ3v) is 5.70. The highest BCUT2D eigenvalue weighted by molar-refractivity contribution is 5.64. The highest BCUT2D eigenvalue weighted by atomic mass is 16.3. The molecule has 0 unspecified atom stereocenters. The molecular weight excluding hydrogens is 452 g/mol. The first-order valence-electron chi connectivity index (χ1n) is 12.2. The summed E-state index contributed by atoms with van der Waals surface area (Å²) in [6.45, 7) is 15.1. The third-order valence-electron chi connectivity index (χ3n) is 5.70. The van der Waals surface area contributed by atoms with Crippen molar-refractivity contribution in [3.63, 3.8) is 0 Å². The molecule has 0 saturated heterocycles. The fourth-order valence-corrected chi connectivity index (χ4v) is 3.53. The van der Waals surface area contributed by atoms with E-state index in [1.165, 1.54) is 6.07 Å². The molecule has 0 aliphatic rings.